The first-order valence-corrected chi connectivity index (χ1v) is 7.22. The lowest BCUT2D eigenvalue weighted by atomic mass is 10.2. The highest BCUT2D eigenvalue weighted by Crippen LogP contribution is 2.32. The van der Waals surface area contributed by atoms with Gasteiger partial charge in [-0.25, -0.2) is 4.39 Å². The van der Waals surface area contributed by atoms with Crippen LogP contribution in [0.25, 0.3) is 0 Å². The fourth-order valence-corrected chi connectivity index (χ4v) is 3.15. The molecule has 0 heterocycles. The van der Waals surface area contributed by atoms with Crippen LogP contribution in [0.4, 0.5) is 10.1 Å². The SMILES string of the molecule is Fc1cc(Cl)c(NCc2cc(Cl)cc(Cl)c2)c(Br)c1. The van der Waals surface area contributed by atoms with E-state index in [-0.39, 0.29) is 0 Å². The van der Waals surface area contributed by atoms with Crippen molar-refractivity contribution in [3.8, 4) is 0 Å². The zero-order valence-corrected chi connectivity index (χ0v) is 13.3. The molecule has 0 spiro atoms. The van der Waals surface area contributed by atoms with Gasteiger partial charge in [-0.15, -0.1) is 0 Å². The predicted molar refractivity (Wildman–Crippen MR) is 82.9 cm³/mol. The van der Waals surface area contributed by atoms with Gasteiger partial charge in [-0.2, -0.15) is 0 Å². The molecule has 0 atom stereocenters. The number of benzene rings is 2. The molecule has 2 rings (SSSR count). The van der Waals surface area contributed by atoms with Gasteiger partial charge in [-0.05, 0) is 51.8 Å². The van der Waals surface area contributed by atoms with E-state index in [9.17, 15) is 4.39 Å². The molecule has 1 N–H and O–H groups in total. The summed E-state index contributed by atoms with van der Waals surface area (Å²) < 4.78 is 13.7. The molecule has 0 amide bonds. The van der Waals surface area contributed by atoms with Crippen molar-refractivity contribution in [1.82, 2.24) is 0 Å². The van der Waals surface area contributed by atoms with Crippen molar-refractivity contribution in [2.45, 2.75) is 6.54 Å². The monoisotopic (exact) mass is 381 g/mol. The summed E-state index contributed by atoms with van der Waals surface area (Å²) in [4.78, 5) is 0. The molecule has 100 valence electrons. The van der Waals surface area contributed by atoms with E-state index in [2.05, 4.69) is 21.2 Å². The Morgan fingerprint density at radius 3 is 2.21 bits per heavy atom. The van der Waals surface area contributed by atoms with Crippen LogP contribution < -0.4 is 5.32 Å². The number of halogens is 5. The van der Waals surface area contributed by atoms with E-state index in [0.29, 0.717) is 31.8 Å². The van der Waals surface area contributed by atoms with Crippen LogP contribution >= 0.6 is 50.7 Å². The van der Waals surface area contributed by atoms with Crippen molar-refractivity contribution >= 4 is 56.4 Å². The molecule has 2 aromatic carbocycles. The second-order valence-electron chi connectivity index (χ2n) is 3.88. The van der Waals surface area contributed by atoms with Gasteiger partial charge < -0.3 is 5.32 Å². The van der Waals surface area contributed by atoms with Crippen LogP contribution in [0.1, 0.15) is 5.56 Å². The van der Waals surface area contributed by atoms with Gasteiger partial charge in [-0.1, -0.05) is 34.8 Å². The normalized spacial score (nSPS) is 10.6. The Kier molecular flexibility index (Phi) is 4.96. The minimum atomic E-state index is -0.395. The number of rotatable bonds is 3. The summed E-state index contributed by atoms with van der Waals surface area (Å²) in [5.41, 5.74) is 1.53. The number of hydrogen-bond acceptors (Lipinski definition) is 1. The summed E-state index contributed by atoms with van der Waals surface area (Å²) in [7, 11) is 0. The Morgan fingerprint density at radius 1 is 1.00 bits per heavy atom. The Hall–Kier alpha value is -0.480. The lowest BCUT2D eigenvalue weighted by Gasteiger charge is -2.11. The second-order valence-corrected chi connectivity index (χ2v) is 6.01. The first kappa shape index (κ1) is 14.9. The van der Waals surface area contributed by atoms with E-state index in [1.165, 1.54) is 12.1 Å². The van der Waals surface area contributed by atoms with E-state index in [1.54, 1.807) is 18.2 Å². The molecular formula is C13H8BrCl3FN. The third kappa shape index (κ3) is 3.99. The average Bonchev–Trinajstić information content (AvgIpc) is 2.25. The van der Waals surface area contributed by atoms with Crippen LogP contribution in [0.3, 0.4) is 0 Å². The minimum absolute atomic E-state index is 0.306. The van der Waals surface area contributed by atoms with Crippen molar-refractivity contribution < 1.29 is 4.39 Å². The van der Waals surface area contributed by atoms with Gasteiger partial charge in [-0.3, -0.25) is 0 Å². The second kappa shape index (κ2) is 6.31. The summed E-state index contributed by atoms with van der Waals surface area (Å²) in [6.07, 6.45) is 0. The molecule has 0 aliphatic heterocycles. The van der Waals surface area contributed by atoms with Crippen LogP contribution in [0.2, 0.25) is 15.1 Å². The summed E-state index contributed by atoms with van der Waals surface area (Å²) in [5, 5.41) is 4.55. The van der Waals surface area contributed by atoms with E-state index in [0.717, 1.165) is 5.56 Å². The number of anilines is 1. The molecule has 1 nitrogen and oxygen atoms in total. The quantitative estimate of drug-likeness (QED) is 0.669. The maximum atomic E-state index is 13.1. The molecule has 2 aromatic rings. The molecule has 0 saturated carbocycles. The van der Waals surface area contributed by atoms with Crippen molar-refractivity contribution in [3.05, 3.63) is 61.3 Å². The smallest absolute Gasteiger partial charge is 0.125 e. The van der Waals surface area contributed by atoms with E-state index in [4.69, 9.17) is 34.8 Å². The third-order valence-corrected chi connectivity index (χ3v) is 3.76. The minimum Gasteiger partial charge on any atom is -0.379 e. The summed E-state index contributed by atoms with van der Waals surface area (Å²) in [6, 6.07) is 7.85. The molecular weight excluding hydrogens is 375 g/mol. The molecule has 0 aliphatic rings. The van der Waals surface area contributed by atoms with Crippen LogP contribution in [0.15, 0.2) is 34.8 Å². The molecule has 0 fully saturated rings. The van der Waals surface area contributed by atoms with E-state index >= 15 is 0 Å². The van der Waals surface area contributed by atoms with E-state index < -0.39 is 5.82 Å². The maximum absolute atomic E-state index is 13.1. The third-order valence-electron chi connectivity index (χ3n) is 2.40. The van der Waals surface area contributed by atoms with Crippen molar-refractivity contribution in [1.29, 1.82) is 0 Å². The molecule has 0 radical (unpaired) electrons. The van der Waals surface area contributed by atoms with E-state index in [1.807, 2.05) is 0 Å². The van der Waals surface area contributed by atoms with Crippen molar-refractivity contribution in [2.75, 3.05) is 5.32 Å². The molecule has 0 unspecified atom stereocenters. The van der Waals surface area contributed by atoms with Gasteiger partial charge in [0.1, 0.15) is 5.82 Å². The fraction of sp³-hybridized carbons (Fsp3) is 0.0769. The van der Waals surface area contributed by atoms with Gasteiger partial charge in [0, 0.05) is 21.1 Å². The highest BCUT2D eigenvalue weighted by Gasteiger charge is 2.08. The number of hydrogen-bond donors (Lipinski definition) is 1. The maximum Gasteiger partial charge on any atom is 0.125 e. The summed E-state index contributed by atoms with van der Waals surface area (Å²) in [5.74, 6) is -0.395. The van der Waals surface area contributed by atoms with Crippen LogP contribution in [0.5, 0.6) is 0 Å². The highest BCUT2D eigenvalue weighted by atomic mass is 79.9. The Bertz CT molecular complexity index is 576. The van der Waals surface area contributed by atoms with Gasteiger partial charge in [0.25, 0.3) is 0 Å². The van der Waals surface area contributed by atoms with Gasteiger partial charge in [0.05, 0.1) is 10.7 Å². The molecule has 19 heavy (non-hydrogen) atoms. The zero-order valence-electron chi connectivity index (χ0n) is 9.48. The summed E-state index contributed by atoms with van der Waals surface area (Å²) in [6.45, 7) is 0.476. The number of nitrogens with one attached hydrogen (secondary N) is 1. The standard InChI is InChI=1S/C13H8BrCl3FN/c14-11-4-10(18)5-12(17)13(11)19-6-7-1-8(15)3-9(16)2-7/h1-5,19H,6H2. The summed E-state index contributed by atoms with van der Waals surface area (Å²) >= 11 is 21.1. The fourth-order valence-electron chi connectivity index (χ4n) is 1.61. The van der Waals surface area contributed by atoms with Gasteiger partial charge in [0.2, 0.25) is 0 Å². The zero-order chi connectivity index (χ0) is 14.0. The van der Waals surface area contributed by atoms with Crippen LogP contribution in [-0.2, 0) is 6.54 Å². The molecule has 6 heteroatoms. The van der Waals surface area contributed by atoms with Gasteiger partial charge in [0.15, 0.2) is 0 Å². The molecule has 0 aromatic heterocycles. The molecule has 0 bridgehead atoms. The van der Waals surface area contributed by atoms with Crippen LogP contribution in [-0.4, -0.2) is 0 Å². The lowest BCUT2D eigenvalue weighted by Crippen LogP contribution is -2.01. The largest absolute Gasteiger partial charge is 0.379 e. The van der Waals surface area contributed by atoms with Crippen LogP contribution in [0, 0.1) is 5.82 Å². The topological polar surface area (TPSA) is 12.0 Å². The lowest BCUT2D eigenvalue weighted by molar-refractivity contribution is 0.627. The molecule has 0 aliphatic carbocycles. The highest BCUT2D eigenvalue weighted by molar-refractivity contribution is 9.10. The Morgan fingerprint density at radius 2 is 1.63 bits per heavy atom. The van der Waals surface area contributed by atoms with Crippen molar-refractivity contribution in [3.63, 3.8) is 0 Å². The Balaban J connectivity index is 2.19. The predicted octanol–water partition coefficient (Wildman–Crippen LogP) is 6.16. The first-order valence-electron chi connectivity index (χ1n) is 5.29. The molecule has 0 saturated heterocycles. The van der Waals surface area contributed by atoms with Gasteiger partial charge >= 0.3 is 0 Å². The Labute approximate surface area is 133 Å². The average molecular weight is 383 g/mol. The van der Waals surface area contributed by atoms with Crippen molar-refractivity contribution in [2.24, 2.45) is 0 Å². The first-order chi connectivity index (χ1) is 8.95.